The van der Waals surface area contributed by atoms with Crippen LogP contribution in [0.2, 0.25) is 0 Å². The van der Waals surface area contributed by atoms with Gasteiger partial charge in [0.25, 0.3) is 0 Å². The van der Waals surface area contributed by atoms with Crippen LogP contribution in [0.25, 0.3) is 0 Å². The minimum atomic E-state index is 0.123. The number of rotatable bonds is 4. The van der Waals surface area contributed by atoms with Crippen LogP contribution >= 0.6 is 0 Å². The van der Waals surface area contributed by atoms with E-state index in [0.29, 0.717) is 5.92 Å². The Morgan fingerprint density at radius 3 is 2.71 bits per heavy atom. The van der Waals surface area contributed by atoms with Crippen molar-refractivity contribution in [2.45, 2.75) is 77.2 Å². The van der Waals surface area contributed by atoms with Crippen LogP contribution in [0.5, 0.6) is 0 Å². The van der Waals surface area contributed by atoms with Gasteiger partial charge < -0.3 is 9.64 Å². The summed E-state index contributed by atoms with van der Waals surface area (Å²) >= 11 is 0. The Bertz CT molecular complexity index is 445. The molecule has 24 heavy (non-hydrogen) atoms. The van der Waals surface area contributed by atoms with Crippen molar-refractivity contribution in [3.63, 3.8) is 0 Å². The molecule has 2 saturated heterocycles. The second-order valence-electron chi connectivity index (χ2n) is 8.98. The van der Waals surface area contributed by atoms with Gasteiger partial charge in [0.1, 0.15) is 6.10 Å². The summed E-state index contributed by atoms with van der Waals surface area (Å²) in [7, 11) is 0. The van der Waals surface area contributed by atoms with Crippen molar-refractivity contribution in [3.05, 3.63) is 0 Å². The molecule has 4 aliphatic rings. The van der Waals surface area contributed by atoms with E-state index >= 15 is 0 Å². The van der Waals surface area contributed by atoms with Crippen molar-refractivity contribution in [3.8, 4) is 0 Å². The fraction of sp³-hybridized carbons (Fsp3) is 0.952. The predicted octanol–water partition coefficient (Wildman–Crippen LogP) is 4.26. The standard InChI is InChI=1S/C21H35NO2/c1-15-20-18(10-7-13-22-11-5-2-6-12-22)17-9-4-3-8-16(17)14-19(20)21(23)24-15/h15-20H,2-14H2,1H3/t15-,16+,17-,18+,19-,20+/m0/s1. The van der Waals surface area contributed by atoms with E-state index in [0.717, 1.165) is 24.2 Å². The van der Waals surface area contributed by atoms with Crippen molar-refractivity contribution < 1.29 is 9.53 Å². The summed E-state index contributed by atoms with van der Waals surface area (Å²) < 4.78 is 5.69. The normalized spacial score (nSPS) is 43.1. The first-order valence-electron chi connectivity index (χ1n) is 10.7. The molecule has 136 valence electrons. The van der Waals surface area contributed by atoms with E-state index < -0.39 is 0 Å². The summed E-state index contributed by atoms with van der Waals surface area (Å²) in [6.45, 7) is 6.04. The highest BCUT2D eigenvalue weighted by Crippen LogP contribution is 2.54. The van der Waals surface area contributed by atoms with Crippen LogP contribution in [-0.4, -0.2) is 36.6 Å². The van der Waals surface area contributed by atoms with E-state index in [-0.39, 0.29) is 18.0 Å². The zero-order valence-corrected chi connectivity index (χ0v) is 15.4. The molecule has 3 nitrogen and oxygen atoms in total. The zero-order chi connectivity index (χ0) is 16.5. The Morgan fingerprint density at radius 1 is 1.08 bits per heavy atom. The van der Waals surface area contributed by atoms with Crippen molar-refractivity contribution in [1.82, 2.24) is 4.90 Å². The second kappa shape index (κ2) is 7.35. The molecular formula is C21H35NO2. The molecule has 0 aromatic heterocycles. The number of carbonyl (C=O) groups excluding carboxylic acids is 1. The molecule has 4 fully saturated rings. The first-order chi connectivity index (χ1) is 11.7. The van der Waals surface area contributed by atoms with Gasteiger partial charge in [0.05, 0.1) is 5.92 Å². The van der Waals surface area contributed by atoms with Crippen molar-refractivity contribution in [2.75, 3.05) is 19.6 Å². The molecule has 0 bridgehead atoms. The summed E-state index contributed by atoms with van der Waals surface area (Å²) in [5.74, 6) is 3.27. The number of hydrogen-bond donors (Lipinski definition) is 0. The van der Waals surface area contributed by atoms with Gasteiger partial charge in [-0.3, -0.25) is 4.79 Å². The number of ether oxygens (including phenoxy) is 1. The number of hydrogen-bond acceptors (Lipinski definition) is 3. The Balaban J connectivity index is 1.41. The quantitative estimate of drug-likeness (QED) is 0.720. The maximum atomic E-state index is 12.3. The molecule has 0 aromatic rings. The number of fused-ring (bicyclic) bond motifs is 2. The van der Waals surface area contributed by atoms with Gasteiger partial charge in [-0.05, 0) is 82.8 Å². The van der Waals surface area contributed by atoms with Crippen LogP contribution in [0.15, 0.2) is 0 Å². The van der Waals surface area contributed by atoms with E-state index in [1.54, 1.807) is 0 Å². The van der Waals surface area contributed by atoms with Crippen LogP contribution in [0.1, 0.15) is 71.1 Å². The molecule has 0 unspecified atom stereocenters. The third-order valence-electron chi connectivity index (χ3n) is 7.64. The molecule has 2 aliphatic heterocycles. The lowest BCUT2D eigenvalue weighted by Gasteiger charge is -2.47. The zero-order valence-electron chi connectivity index (χ0n) is 15.4. The monoisotopic (exact) mass is 333 g/mol. The molecule has 2 aliphatic carbocycles. The van der Waals surface area contributed by atoms with Gasteiger partial charge in [-0.1, -0.05) is 25.7 Å². The number of cyclic esters (lactones) is 1. The summed E-state index contributed by atoms with van der Waals surface area (Å²) in [5.41, 5.74) is 0. The van der Waals surface area contributed by atoms with Crippen LogP contribution < -0.4 is 0 Å². The van der Waals surface area contributed by atoms with Crippen molar-refractivity contribution >= 4 is 5.97 Å². The molecule has 2 saturated carbocycles. The highest BCUT2D eigenvalue weighted by atomic mass is 16.6. The van der Waals surface area contributed by atoms with E-state index in [9.17, 15) is 4.79 Å². The molecule has 0 N–H and O–H groups in total. The minimum Gasteiger partial charge on any atom is -0.462 e. The highest BCUT2D eigenvalue weighted by Gasteiger charge is 2.54. The molecular weight excluding hydrogens is 298 g/mol. The largest absolute Gasteiger partial charge is 0.462 e. The average Bonchev–Trinajstić information content (AvgIpc) is 2.89. The highest BCUT2D eigenvalue weighted by molar-refractivity contribution is 5.75. The van der Waals surface area contributed by atoms with Gasteiger partial charge in [-0.2, -0.15) is 0 Å². The van der Waals surface area contributed by atoms with Crippen LogP contribution in [0.4, 0.5) is 0 Å². The van der Waals surface area contributed by atoms with Crippen LogP contribution in [0.3, 0.4) is 0 Å². The van der Waals surface area contributed by atoms with E-state index in [1.807, 2.05) is 0 Å². The first kappa shape index (κ1) is 16.9. The molecule has 4 rings (SSSR count). The minimum absolute atomic E-state index is 0.123. The Labute approximate surface area is 147 Å². The smallest absolute Gasteiger partial charge is 0.309 e. The summed E-state index contributed by atoms with van der Waals surface area (Å²) in [5, 5.41) is 0. The van der Waals surface area contributed by atoms with Crippen molar-refractivity contribution in [2.24, 2.45) is 29.6 Å². The number of nitrogens with zero attached hydrogens (tertiary/aromatic N) is 1. The molecule has 2 heterocycles. The SMILES string of the molecule is C[C@@H]1OC(=O)[C@H]2C[C@H]3CCCC[C@@H]3[C@@H](CCCN3CCCCC3)[C@@H]12. The van der Waals surface area contributed by atoms with Gasteiger partial charge in [-0.15, -0.1) is 0 Å². The van der Waals surface area contributed by atoms with E-state index in [2.05, 4.69) is 11.8 Å². The van der Waals surface area contributed by atoms with Crippen LogP contribution in [0, 0.1) is 29.6 Å². The summed E-state index contributed by atoms with van der Waals surface area (Å²) in [4.78, 5) is 15.0. The van der Waals surface area contributed by atoms with Crippen LogP contribution in [-0.2, 0) is 9.53 Å². The second-order valence-corrected chi connectivity index (χ2v) is 8.98. The lowest BCUT2D eigenvalue weighted by molar-refractivity contribution is -0.144. The maximum Gasteiger partial charge on any atom is 0.309 e. The Hall–Kier alpha value is -0.570. The topological polar surface area (TPSA) is 29.5 Å². The molecule has 6 atom stereocenters. The van der Waals surface area contributed by atoms with E-state index in [1.165, 1.54) is 77.4 Å². The lowest BCUT2D eigenvalue weighted by atomic mass is 9.56. The molecule has 0 spiro atoms. The number of carbonyl (C=O) groups is 1. The first-order valence-corrected chi connectivity index (χ1v) is 10.7. The summed E-state index contributed by atoms with van der Waals surface area (Å²) in [6, 6.07) is 0. The number of piperidine rings is 1. The Morgan fingerprint density at radius 2 is 1.88 bits per heavy atom. The predicted molar refractivity (Wildman–Crippen MR) is 95.6 cm³/mol. The van der Waals surface area contributed by atoms with Gasteiger partial charge in [0.2, 0.25) is 0 Å². The lowest BCUT2D eigenvalue weighted by Crippen LogP contribution is -2.44. The van der Waals surface area contributed by atoms with Gasteiger partial charge >= 0.3 is 5.97 Å². The number of esters is 1. The van der Waals surface area contributed by atoms with Gasteiger partial charge in [0, 0.05) is 5.92 Å². The Kier molecular flexibility index (Phi) is 5.17. The van der Waals surface area contributed by atoms with Crippen molar-refractivity contribution in [1.29, 1.82) is 0 Å². The van der Waals surface area contributed by atoms with Gasteiger partial charge in [0.15, 0.2) is 0 Å². The fourth-order valence-corrected chi connectivity index (χ4v) is 6.58. The maximum absolute atomic E-state index is 12.3. The fourth-order valence-electron chi connectivity index (χ4n) is 6.58. The third kappa shape index (κ3) is 3.25. The third-order valence-corrected chi connectivity index (χ3v) is 7.64. The average molecular weight is 334 g/mol. The molecule has 0 aromatic carbocycles. The number of likely N-dealkylation sites (tertiary alicyclic amines) is 1. The summed E-state index contributed by atoms with van der Waals surface area (Å²) in [6.07, 6.45) is 13.7. The molecule has 0 amide bonds. The van der Waals surface area contributed by atoms with Gasteiger partial charge in [-0.25, -0.2) is 0 Å². The molecule has 0 radical (unpaired) electrons. The van der Waals surface area contributed by atoms with E-state index in [4.69, 9.17) is 4.74 Å². The molecule has 3 heteroatoms.